The maximum absolute atomic E-state index is 9.55. The lowest BCUT2D eigenvalue weighted by Gasteiger charge is -2.38. The molecule has 0 bridgehead atoms. The molecule has 4 nitrogen and oxygen atoms in total. The lowest BCUT2D eigenvalue weighted by Crippen LogP contribution is -2.44. The van der Waals surface area contributed by atoms with Crippen LogP contribution >= 0.6 is 0 Å². The van der Waals surface area contributed by atoms with Crippen LogP contribution in [0.3, 0.4) is 0 Å². The Hall–Kier alpha value is -0.970. The number of nitrogens with two attached hydrogens (primary N) is 1. The van der Waals surface area contributed by atoms with Crippen molar-refractivity contribution < 1.29 is 5.11 Å². The number of aliphatic hydroxyl groups excluding tert-OH is 1. The second-order valence-corrected chi connectivity index (χ2v) is 4.86. The highest BCUT2D eigenvalue weighted by atomic mass is 16.3. The first-order valence-corrected chi connectivity index (χ1v) is 6.26. The van der Waals surface area contributed by atoms with E-state index in [1.807, 2.05) is 19.2 Å². The van der Waals surface area contributed by atoms with E-state index in [4.69, 9.17) is 5.73 Å². The van der Waals surface area contributed by atoms with Gasteiger partial charge in [-0.05, 0) is 31.4 Å². The van der Waals surface area contributed by atoms with Gasteiger partial charge in [0.05, 0.1) is 12.1 Å². The number of nitrogens with zero attached hydrogens (tertiary/aromatic N) is 2. The monoisotopic (exact) mass is 235 g/mol. The zero-order valence-electron chi connectivity index (χ0n) is 10.3. The first kappa shape index (κ1) is 12.5. The zero-order valence-corrected chi connectivity index (χ0v) is 10.3. The van der Waals surface area contributed by atoms with Crippen LogP contribution in [-0.2, 0) is 0 Å². The molecule has 1 aromatic rings. The van der Waals surface area contributed by atoms with Crippen molar-refractivity contribution in [3.63, 3.8) is 0 Å². The molecule has 0 radical (unpaired) electrons. The van der Waals surface area contributed by atoms with Crippen LogP contribution in [-0.4, -0.2) is 40.2 Å². The average Bonchev–Trinajstić information content (AvgIpc) is 2.33. The van der Waals surface area contributed by atoms with E-state index in [-0.39, 0.29) is 18.2 Å². The Kier molecular flexibility index (Phi) is 4.10. The molecule has 1 fully saturated rings. The van der Waals surface area contributed by atoms with Gasteiger partial charge in [0, 0.05) is 31.5 Å². The Bertz CT molecular complexity index is 334. The third-order valence-corrected chi connectivity index (χ3v) is 3.42. The van der Waals surface area contributed by atoms with Crippen LogP contribution in [0, 0.1) is 0 Å². The summed E-state index contributed by atoms with van der Waals surface area (Å²) in [5.41, 5.74) is 7.27. The summed E-state index contributed by atoms with van der Waals surface area (Å²) < 4.78 is 0. The van der Waals surface area contributed by atoms with Gasteiger partial charge in [-0.25, -0.2) is 0 Å². The topological polar surface area (TPSA) is 62.4 Å². The van der Waals surface area contributed by atoms with E-state index in [0.29, 0.717) is 0 Å². The maximum atomic E-state index is 9.55. The van der Waals surface area contributed by atoms with Gasteiger partial charge >= 0.3 is 0 Å². The van der Waals surface area contributed by atoms with E-state index >= 15 is 0 Å². The lowest BCUT2D eigenvalue weighted by atomic mass is 9.97. The minimum Gasteiger partial charge on any atom is -0.393 e. The standard InChI is InChI=1S/C13H21N3O/c1-10(14)13(11-3-2-6-15-9-11)16-7-4-12(17)5-8-16/h2-3,6,9-10,12-13,17H,4-5,7-8,14H2,1H3. The Morgan fingerprint density at radius 2 is 2.18 bits per heavy atom. The molecular weight excluding hydrogens is 214 g/mol. The number of aromatic nitrogens is 1. The summed E-state index contributed by atoms with van der Waals surface area (Å²) in [5.74, 6) is 0. The summed E-state index contributed by atoms with van der Waals surface area (Å²) in [7, 11) is 0. The molecule has 4 heteroatoms. The first-order valence-electron chi connectivity index (χ1n) is 6.26. The highest BCUT2D eigenvalue weighted by Crippen LogP contribution is 2.26. The molecule has 2 rings (SSSR count). The molecule has 3 N–H and O–H groups in total. The van der Waals surface area contributed by atoms with Crippen LogP contribution in [0.1, 0.15) is 31.4 Å². The van der Waals surface area contributed by atoms with E-state index in [1.54, 1.807) is 6.20 Å². The van der Waals surface area contributed by atoms with Gasteiger partial charge in [0.15, 0.2) is 0 Å². The Morgan fingerprint density at radius 1 is 1.47 bits per heavy atom. The van der Waals surface area contributed by atoms with Gasteiger partial charge in [-0.1, -0.05) is 6.07 Å². The number of likely N-dealkylation sites (tertiary alicyclic amines) is 1. The Labute approximate surface area is 102 Å². The number of piperidine rings is 1. The second-order valence-electron chi connectivity index (χ2n) is 4.86. The fourth-order valence-corrected chi connectivity index (χ4v) is 2.56. The minimum absolute atomic E-state index is 0.0643. The quantitative estimate of drug-likeness (QED) is 0.818. The first-order chi connectivity index (χ1) is 8.18. The molecule has 2 heterocycles. The van der Waals surface area contributed by atoms with E-state index in [2.05, 4.69) is 16.0 Å². The number of rotatable bonds is 3. The van der Waals surface area contributed by atoms with Gasteiger partial charge in [0.2, 0.25) is 0 Å². The van der Waals surface area contributed by atoms with Crippen molar-refractivity contribution in [3.05, 3.63) is 30.1 Å². The molecule has 0 spiro atoms. The Balaban J connectivity index is 2.13. The number of hydrogen-bond donors (Lipinski definition) is 2. The highest BCUT2D eigenvalue weighted by Gasteiger charge is 2.27. The number of pyridine rings is 1. The molecule has 94 valence electrons. The van der Waals surface area contributed by atoms with Crippen molar-refractivity contribution in [2.24, 2.45) is 5.73 Å². The second kappa shape index (κ2) is 5.58. The van der Waals surface area contributed by atoms with E-state index in [1.165, 1.54) is 5.56 Å². The molecule has 17 heavy (non-hydrogen) atoms. The molecule has 1 aliphatic heterocycles. The average molecular weight is 235 g/mol. The Morgan fingerprint density at radius 3 is 2.71 bits per heavy atom. The number of hydrogen-bond acceptors (Lipinski definition) is 4. The fraction of sp³-hybridized carbons (Fsp3) is 0.615. The van der Waals surface area contributed by atoms with Crippen molar-refractivity contribution in [1.82, 2.24) is 9.88 Å². The normalized spacial score (nSPS) is 22.3. The summed E-state index contributed by atoms with van der Waals surface area (Å²) in [6.07, 6.45) is 5.20. The summed E-state index contributed by atoms with van der Waals surface area (Å²) in [6.45, 7) is 3.84. The third-order valence-electron chi connectivity index (χ3n) is 3.42. The zero-order chi connectivity index (χ0) is 12.3. The van der Waals surface area contributed by atoms with Crippen molar-refractivity contribution in [1.29, 1.82) is 0 Å². The van der Waals surface area contributed by atoms with E-state index < -0.39 is 0 Å². The highest BCUT2D eigenvalue weighted by molar-refractivity contribution is 5.16. The minimum atomic E-state index is -0.145. The smallest absolute Gasteiger partial charge is 0.0564 e. The molecular formula is C13H21N3O. The van der Waals surface area contributed by atoms with Crippen LogP contribution in [0.25, 0.3) is 0 Å². The van der Waals surface area contributed by atoms with Crippen LogP contribution in [0.4, 0.5) is 0 Å². The van der Waals surface area contributed by atoms with Crippen LogP contribution in [0.15, 0.2) is 24.5 Å². The van der Waals surface area contributed by atoms with E-state index in [0.717, 1.165) is 25.9 Å². The van der Waals surface area contributed by atoms with Crippen molar-refractivity contribution in [3.8, 4) is 0 Å². The van der Waals surface area contributed by atoms with Crippen molar-refractivity contribution >= 4 is 0 Å². The third kappa shape index (κ3) is 3.03. The summed E-state index contributed by atoms with van der Waals surface area (Å²) >= 11 is 0. The van der Waals surface area contributed by atoms with Gasteiger partial charge in [0.1, 0.15) is 0 Å². The van der Waals surface area contributed by atoms with Crippen molar-refractivity contribution in [2.75, 3.05) is 13.1 Å². The van der Waals surface area contributed by atoms with Crippen LogP contribution < -0.4 is 5.73 Å². The van der Waals surface area contributed by atoms with Gasteiger partial charge in [-0.3, -0.25) is 9.88 Å². The summed E-state index contributed by atoms with van der Waals surface area (Å²) in [6, 6.07) is 4.29. The molecule has 1 aromatic heterocycles. The fourth-order valence-electron chi connectivity index (χ4n) is 2.56. The van der Waals surface area contributed by atoms with Gasteiger partial charge in [-0.2, -0.15) is 0 Å². The maximum Gasteiger partial charge on any atom is 0.0564 e. The predicted molar refractivity (Wildman–Crippen MR) is 67.4 cm³/mol. The number of aliphatic hydroxyl groups is 1. The molecule has 0 amide bonds. The molecule has 0 aromatic carbocycles. The molecule has 1 aliphatic rings. The van der Waals surface area contributed by atoms with Gasteiger partial charge < -0.3 is 10.8 Å². The SMILES string of the molecule is CC(N)C(c1cccnc1)N1CCC(O)CC1. The van der Waals surface area contributed by atoms with Gasteiger partial charge in [-0.15, -0.1) is 0 Å². The molecule has 0 aliphatic carbocycles. The molecule has 0 saturated carbocycles. The van der Waals surface area contributed by atoms with Crippen LogP contribution in [0.5, 0.6) is 0 Å². The van der Waals surface area contributed by atoms with E-state index in [9.17, 15) is 5.11 Å². The molecule has 2 unspecified atom stereocenters. The molecule has 1 saturated heterocycles. The largest absolute Gasteiger partial charge is 0.393 e. The van der Waals surface area contributed by atoms with Crippen molar-refractivity contribution in [2.45, 2.75) is 38.0 Å². The van der Waals surface area contributed by atoms with Gasteiger partial charge in [0.25, 0.3) is 0 Å². The predicted octanol–water partition coefficient (Wildman–Crippen LogP) is 0.927. The lowest BCUT2D eigenvalue weighted by molar-refractivity contribution is 0.0548. The molecule has 2 atom stereocenters. The van der Waals surface area contributed by atoms with Crippen LogP contribution in [0.2, 0.25) is 0 Å². The summed E-state index contributed by atoms with van der Waals surface area (Å²) in [5, 5.41) is 9.55. The summed E-state index contributed by atoms with van der Waals surface area (Å²) in [4.78, 5) is 6.52.